The molecule has 1 saturated heterocycles. The van der Waals surface area contributed by atoms with Gasteiger partial charge in [0.1, 0.15) is 10.6 Å². The van der Waals surface area contributed by atoms with Crippen LogP contribution in [0.5, 0.6) is 5.75 Å². The van der Waals surface area contributed by atoms with Crippen LogP contribution in [0.2, 0.25) is 0 Å². The summed E-state index contributed by atoms with van der Waals surface area (Å²) in [4.78, 5) is 0.245. The third kappa shape index (κ3) is 3.02. The Balaban J connectivity index is 2.46. The van der Waals surface area contributed by atoms with E-state index in [1.807, 2.05) is 6.92 Å². The smallest absolute Gasteiger partial charge is 0.247 e. The van der Waals surface area contributed by atoms with Gasteiger partial charge in [-0.25, -0.2) is 8.42 Å². The van der Waals surface area contributed by atoms with Crippen molar-refractivity contribution in [2.24, 2.45) is 0 Å². The molecule has 2 rings (SSSR count). The summed E-state index contributed by atoms with van der Waals surface area (Å²) >= 11 is 3.34. The predicted molar refractivity (Wildman–Crippen MR) is 82.5 cm³/mol. The van der Waals surface area contributed by atoms with Gasteiger partial charge in [-0.05, 0) is 37.5 Å². The number of nitrogens with zero attached hydrogens (tertiary/aromatic N) is 1. The molecule has 0 aliphatic carbocycles. The van der Waals surface area contributed by atoms with E-state index in [4.69, 9.17) is 4.74 Å². The quantitative estimate of drug-likeness (QED) is 0.825. The van der Waals surface area contributed by atoms with Crippen LogP contribution in [0, 0.1) is 0 Å². The Bertz CT molecular complexity index is 574. The summed E-state index contributed by atoms with van der Waals surface area (Å²) in [7, 11) is -2.01. The third-order valence-corrected chi connectivity index (χ3v) is 6.22. The lowest BCUT2D eigenvalue weighted by molar-refractivity contribution is 0.246. The maximum atomic E-state index is 12.9. The minimum atomic E-state index is -3.51. The Morgan fingerprint density at radius 3 is 2.80 bits per heavy atom. The lowest BCUT2D eigenvalue weighted by Gasteiger charge is -2.34. The summed E-state index contributed by atoms with van der Waals surface area (Å²) in [5, 5.41) is 0. The van der Waals surface area contributed by atoms with E-state index in [0.717, 1.165) is 30.2 Å². The van der Waals surface area contributed by atoms with Gasteiger partial charge >= 0.3 is 0 Å². The zero-order valence-corrected chi connectivity index (χ0v) is 14.2. The van der Waals surface area contributed by atoms with Crippen molar-refractivity contribution in [3.05, 3.63) is 22.7 Å². The molecule has 1 aliphatic heterocycles. The Morgan fingerprint density at radius 2 is 2.15 bits per heavy atom. The molecule has 0 aromatic heterocycles. The summed E-state index contributed by atoms with van der Waals surface area (Å²) in [5.74, 6) is 0.397. The lowest BCUT2D eigenvalue weighted by atomic mass is 10.0. The molecule has 1 aliphatic rings. The van der Waals surface area contributed by atoms with E-state index < -0.39 is 10.0 Å². The van der Waals surface area contributed by atoms with Crippen LogP contribution in [-0.4, -0.2) is 32.4 Å². The van der Waals surface area contributed by atoms with Gasteiger partial charge in [-0.3, -0.25) is 0 Å². The molecule has 0 N–H and O–H groups in total. The van der Waals surface area contributed by atoms with Gasteiger partial charge in [-0.1, -0.05) is 29.3 Å². The molecule has 0 radical (unpaired) electrons. The SMILES string of the molecule is CC[C@H]1CCCCN1S(=O)(=O)c1cc(Br)ccc1OC. The van der Waals surface area contributed by atoms with Gasteiger partial charge in [0.15, 0.2) is 0 Å². The van der Waals surface area contributed by atoms with Gasteiger partial charge in [-0.15, -0.1) is 0 Å². The molecule has 1 fully saturated rings. The van der Waals surface area contributed by atoms with E-state index in [0.29, 0.717) is 12.3 Å². The van der Waals surface area contributed by atoms with Crippen LogP contribution >= 0.6 is 15.9 Å². The van der Waals surface area contributed by atoms with Crippen LogP contribution in [0.3, 0.4) is 0 Å². The van der Waals surface area contributed by atoms with Crippen LogP contribution in [0.15, 0.2) is 27.6 Å². The van der Waals surface area contributed by atoms with Gasteiger partial charge in [-0.2, -0.15) is 4.31 Å². The molecule has 4 nitrogen and oxygen atoms in total. The number of piperidine rings is 1. The second-order valence-electron chi connectivity index (χ2n) is 4.97. The first-order valence-electron chi connectivity index (χ1n) is 6.86. The van der Waals surface area contributed by atoms with Crippen LogP contribution < -0.4 is 4.74 Å². The second kappa shape index (κ2) is 6.45. The van der Waals surface area contributed by atoms with E-state index >= 15 is 0 Å². The van der Waals surface area contributed by atoms with Crippen molar-refractivity contribution in [2.75, 3.05) is 13.7 Å². The Morgan fingerprint density at radius 1 is 1.40 bits per heavy atom. The molecule has 0 spiro atoms. The van der Waals surface area contributed by atoms with E-state index in [9.17, 15) is 8.42 Å². The highest BCUT2D eigenvalue weighted by molar-refractivity contribution is 9.10. The molecule has 20 heavy (non-hydrogen) atoms. The van der Waals surface area contributed by atoms with Crippen LogP contribution in [-0.2, 0) is 10.0 Å². The van der Waals surface area contributed by atoms with Crippen LogP contribution in [0.1, 0.15) is 32.6 Å². The topological polar surface area (TPSA) is 46.6 Å². The summed E-state index contributed by atoms with van der Waals surface area (Å²) in [6.45, 7) is 2.63. The highest BCUT2D eigenvalue weighted by atomic mass is 79.9. The molecule has 0 amide bonds. The fourth-order valence-electron chi connectivity index (χ4n) is 2.68. The molecule has 0 saturated carbocycles. The molecular weight excluding hydrogens is 342 g/mol. The zero-order valence-electron chi connectivity index (χ0n) is 11.8. The van der Waals surface area contributed by atoms with Crippen molar-refractivity contribution in [2.45, 2.75) is 43.5 Å². The summed E-state index contributed by atoms with van der Waals surface area (Å²) in [5.41, 5.74) is 0. The van der Waals surface area contributed by atoms with E-state index in [1.165, 1.54) is 7.11 Å². The fraction of sp³-hybridized carbons (Fsp3) is 0.571. The first kappa shape index (κ1) is 15.8. The summed E-state index contributed by atoms with van der Waals surface area (Å²) in [6, 6.07) is 5.18. The minimum absolute atomic E-state index is 0.0948. The average molecular weight is 362 g/mol. The number of hydrogen-bond acceptors (Lipinski definition) is 3. The monoisotopic (exact) mass is 361 g/mol. The third-order valence-electron chi connectivity index (χ3n) is 3.76. The van der Waals surface area contributed by atoms with Crippen molar-refractivity contribution < 1.29 is 13.2 Å². The first-order chi connectivity index (χ1) is 9.50. The Labute approximate surface area is 129 Å². The largest absolute Gasteiger partial charge is 0.495 e. The van der Waals surface area contributed by atoms with E-state index in [2.05, 4.69) is 15.9 Å². The molecule has 6 heteroatoms. The van der Waals surface area contributed by atoms with Crippen molar-refractivity contribution in [3.63, 3.8) is 0 Å². The molecule has 0 unspecified atom stereocenters. The molecular formula is C14H20BrNO3S. The second-order valence-corrected chi connectivity index (χ2v) is 7.74. The first-order valence-corrected chi connectivity index (χ1v) is 9.09. The van der Waals surface area contributed by atoms with E-state index in [1.54, 1.807) is 22.5 Å². The molecule has 1 heterocycles. The number of methoxy groups -OCH3 is 1. The zero-order chi connectivity index (χ0) is 14.8. The molecule has 0 bridgehead atoms. The van der Waals surface area contributed by atoms with Crippen LogP contribution in [0.25, 0.3) is 0 Å². The molecule has 1 aromatic carbocycles. The van der Waals surface area contributed by atoms with Crippen molar-refractivity contribution in [1.29, 1.82) is 0 Å². The maximum Gasteiger partial charge on any atom is 0.247 e. The number of sulfonamides is 1. The summed E-state index contributed by atoms with van der Waals surface area (Å²) < 4.78 is 33.4. The highest BCUT2D eigenvalue weighted by Gasteiger charge is 2.34. The Kier molecular flexibility index (Phi) is 5.09. The molecule has 1 aromatic rings. The Hall–Kier alpha value is -0.590. The standard InChI is InChI=1S/C14H20BrNO3S/c1-3-12-6-4-5-9-16(12)20(17,18)14-10-11(15)7-8-13(14)19-2/h7-8,10,12H,3-6,9H2,1-2H3/t12-/m0/s1. The van der Waals surface area contributed by atoms with Crippen LogP contribution in [0.4, 0.5) is 0 Å². The fourth-order valence-corrected chi connectivity index (χ4v) is 5.14. The predicted octanol–water partition coefficient (Wildman–Crippen LogP) is 3.41. The number of ether oxygens (including phenoxy) is 1. The number of hydrogen-bond donors (Lipinski definition) is 0. The van der Waals surface area contributed by atoms with Gasteiger partial charge in [0, 0.05) is 17.1 Å². The maximum absolute atomic E-state index is 12.9. The highest BCUT2D eigenvalue weighted by Crippen LogP contribution is 2.33. The van der Waals surface area contributed by atoms with Gasteiger partial charge in [0.05, 0.1) is 7.11 Å². The molecule has 1 atom stereocenters. The van der Waals surface area contributed by atoms with E-state index in [-0.39, 0.29) is 10.9 Å². The number of halogens is 1. The van der Waals surface area contributed by atoms with Crippen molar-refractivity contribution in [3.8, 4) is 5.75 Å². The van der Waals surface area contributed by atoms with Gasteiger partial charge in [0.25, 0.3) is 0 Å². The normalized spacial score (nSPS) is 20.9. The minimum Gasteiger partial charge on any atom is -0.495 e. The van der Waals surface area contributed by atoms with Crippen molar-refractivity contribution in [1.82, 2.24) is 4.31 Å². The summed E-state index contributed by atoms with van der Waals surface area (Å²) in [6.07, 6.45) is 3.80. The lowest BCUT2D eigenvalue weighted by Crippen LogP contribution is -2.43. The van der Waals surface area contributed by atoms with Crippen molar-refractivity contribution >= 4 is 26.0 Å². The van der Waals surface area contributed by atoms with Gasteiger partial charge in [0.2, 0.25) is 10.0 Å². The van der Waals surface area contributed by atoms with Gasteiger partial charge < -0.3 is 4.74 Å². The molecule has 112 valence electrons. The number of rotatable bonds is 4. The number of benzene rings is 1. The average Bonchev–Trinajstić information content (AvgIpc) is 2.47.